The predicted octanol–water partition coefficient (Wildman–Crippen LogP) is 2.90. The Bertz CT molecular complexity index is 404. The number of hydrogen-bond donors (Lipinski definition) is 2. The Labute approximate surface area is 103 Å². The number of rotatable bonds is 3. The summed E-state index contributed by atoms with van der Waals surface area (Å²) in [5.41, 5.74) is 5.70. The Morgan fingerprint density at radius 1 is 1.35 bits per heavy atom. The molecule has 1 heterocycles. The fraction of sp³-hybridized carbons (Fsp3) is 0.643. The van der Waals surface area contributed by atoms with Crippen molar-refractivity contribution in [1.82, 2.24) is 4.98 Å². The Balaban J connectivity index is 1.65. The number of anilines is 2. The van der Waals surface area contributed by atoms with Crippen LogP contribution in [0.2, 0.25) is 0 Å². The highest BCUT2D eigenvalue weighted by Gasteiger charge is 2.41. The Morgan fingerprint density at radius 3 is 2.88 bits per heavy atom. The molecule has 2 fully saturated rings. The third-order valence-electron chi connectivity index (χ3n) is 4.58. The summed E-state index contributed by atoms with van der Waals surface area (Å²) in [4.78, 5) is 4.31. The van der Waals surface area contributed by atoms with Crippen molar-refractivity contribution in [1.29, 1.82) is 0 Å². The van der Waals surface area contributed by atoms with Crippen molar-refractivity contribution < 1.29 is 0 Å². The number of pyridine rings is 1. The SMILES string of the molecule is CC(Nc1cccc(N)n1)C1CC2CCC1C2. The van der Waals surface area contributed by atoms with Crippen molar-refractivity contribution >= 4 is 11.6 Å². The molecule has 3 nitrogen and oxygen atoms in total. The van der Waals surface area contributed by atoms with Gasteiger partial charge in [0.2, 0.25) is 0 Å². The third-order valence-corrected chi connectivity index (χ3v) is 4.58. The number of nitrogens with two attached hydrogens (primary N) is 1. The Morgan fingerprint density at radius 2 is 2.24 bits per heavy atom. The first kappa shape index (κ1) is 10.9. The van der Waals surface area contributed by atoms with Gasteiger partial charge >= 0.3 is 0 Å². The van der Waals surface area contributed by atoms with E-state index >= 15 is 0 Å². The molecule has 2 aliphatic carbocycles. The topological polar surface area (TPSA) is 50.9 Å². The number of nitrogens with one attached hydrogen (secondary N) is 1. The molecule has 2 saturated carbocycles. The summed E-state index contributed by atoms with van der Waals surface area (Å²) in [5, 5.41) is 3.52. The first-order valence-electron chi connectivity index (χ1n) is 6.71. The molecule has 2 aliphatic rings. The molecular formula is C14H21N3. The first-order chi connectivity index (χ1) is 8.22. The molecule has 0 saturated heterocycles. The van der Waals surface area contributed by atoms with Gasteiger partial charge in [-0.05, 0) is 56.1 Å². The minimum Gasteiger partial charge on any atom is -0.384 e. The summed E-state index contributed by atoms with van der Waals surface area (Å²) >= 11 is 0. The van der Waals surface area contributed by atoms with Gasteiger partial charge in [0.25, 0.3) is 0 Å². The molecule has 0 amide bonds. The zero-order chi connectivity index (χ0) is 11.8. The molecule has 3 N–H and O–H groups in total. The minimum atomic E-state index is 0.514. The van der Waals surface area contributed by atoms with Crippen LogP contribution in [-0.2, 0) is 0 Å². The largest absolute Gasteiger partial charge is 0.384 e. The summed E-state index contributed by atoms with van der Waals surface area (Å²) in [5.74, 6) is 4.29. The van der Waals surface area contributed by atoms with Crippen LogP contribution in [0.1, 0.15) is 32.6 Å². The van der Waals surface area contributed by atoms with Crippen molar-refractivity contribution in [2.45, 2.75) is 38.6 Å². The van der Waals surface area contributed by atoms with Crippen molar-refractivity contribution in [2.75, 3.05) is 11.1 Å². The fourth-order valence-corrected chi connectivity index (χ4v) is 3.78. The van der Waals surface area contributed by atoms with E-state index in [1.165, 1.54) is 25.7 Å². The maximum Gasteiger partial charge on any atom is 0.128 e. The van der Waals surface area contributed by atoms with Gasteiger partial charge in [0.1, 0.15) is 11.6 Å². The monoisotopic (exact) mass is 231 g/mol. The smallest absolute Gasteiger partial charge is 0.128 e. The quantitative estimate of drug-likeness (QED) is 0.841. The van der Waals surface area contributed by atoms with Crippen LogP contribution in [0.15, 0.2) is 18.2 Å². The zero-order valence-electron chi connectivity index (χ0n) is 10.4. The van der Waals surface area contributed by atoms with E-state index in [1.807, 2.05) is 18.2 Å². The van der Waals surface area contributed by atoms with E-state index in [4.69, 9.17) is 5.73 Å². The summed E-state index contributed by atoms with van der Waals surface area (Å²) in [7, 11) is 0. The van der Waals surface area contributed by atoms with Crippen molar-refractivity contribution in [3.8, 4) is 0 Å². The minimum absolute atomic E-state index is 0.514. The zero-order valence-corrected chi connectivity index (χ0v) is 10.4. The van der Waals surface area contributed by atoms with Gasteiger partial charge in [-0.15, -0.1) is 0 Å². The van der Waals surface area contributed by atoms with Crippen LogP contribution in [0.5, 0.6) is 0 Å². The molecule has 0 aliphatic heterocycles. The van der Waals surface area contributed by atoms with Crippen molar-refractivity contribution in [3.05, 3.63) is 18.2 Å². The maximum atomic E-state index is 5.70. The van der Waals surface area contributed by atoms with Crippen LogP contribution in [0.4, 0.5) is 11.6 Å². The molecule has 2 bridgehead atoms. The molecule has 3 heteroatoms. The lowest BCUT2D eigenvalue weighted by Crippen LogP contribution is -2.30. The van der Waals surface area contributed by atoms with Gasteiger partial charge in [0.15, 0.2) is 0 Å². The van der Waals surface area contributed by atoms with Crippen LogP contribution in [0, 0.1) is 17.8 Å². The van der Waals surface area contributed by atoms with Crippen LogP contribution in [0.25, 0.3) is 0 Å². The van der Waals surface area contributed by atoms with Gasteiger partial charge in [0.05, 0.1) is 0 Å². The number of nitrogen functional groups attached to an aromatic ring is 1. The summed E-state index contributed by atoms with van der Waals surface area (Å²) in [6, 6.07) is 6.30. The van der Waals surface area contributed by atoms with E-state index in [0.717, 1.165) is 23.6 Å². The normalized spacial score (nSPS) is 32.6. The molecule has 4 unspecified atom stereocenters. The van der Waals surface area contributed by atoms with Gasteiger partial charge in [-0.25, -0.2) is 4.98 Å². The van der Waals surface area contributed by atoms with E-state index in [9.17, 15) is 0 Å². The van der Waals surface area contributed by atoms with Gasteiger partial charge in [-0.1, -0.05) is 12.5 Å². The number of nitrogens with zero attached hydrogens (tertiary/aromatic N) is 1. The molecule has 92 valence electrons. The molecule has 0 aromatic carbocycles. The van der Waals surface area contributed by atoms with Crippen LogP contribution in [0.3, 0.4) is 0 Å². The molecule has 0 radical (unpaired) electrons. The average molecular weight is 231 g/mol. The highest BCUT2D eigenvalue weighted by molar-refractivity contribution is 5.42. The molecule has 4 atom stereocenters. The van der Waals surface area contributed by atoms with Crippen LogP contribution >= 0.6 is 0 Å². The van der Waals surface area contributed by atoms with E-state index < -0.39 is 0 Å². The second kappa shape index (κ2) is 4.21. The second-order valence-corrected chi connectivity index (χ2v) is 5.72. The molecular weight excluding hydrogens is 210 g/mol. The summed E-state index contributed by atoms with van der Waals surface area (Å²) in [6.07, 6.45) is 5.76. The molecule has 1 aromatic rings. The highest BCUT2D eigenvalue weighted by atomic mass is 15.0. The van der Waals surface area contributed by atoms with Gasteiger partial charge in [-0.3, -0.25) is 0 Å². The molecule has 17 heavy (non-hydrogen) atoms. The summed E-state index contributed by atoms with van der Waals surface area (Å²) in [6.45, 7) is 2.29. The van der Waals surface area contributed by atoms with Crippen molar-refractivity contribution in [3.63, 3.8) is 0 Å². The van der Waals surface area contributed by atoms with Gasteiger partial charge in [0, 0.05) is 6.04 Å². The first-order valence-corrected chi connectivity index (χ1v) is 6.71. The fourth-order valence-electron chi connectivity index (χ4n) is 3.78. The number of aromatic nitrogens is 1. The predicted molar refractivity (Wildman–Crippen MR) is 70.7 cm³/mol. The third kappa shape index (κ3) is 2.11. The van der Waals surface area contributed by atoms with Crippen LogP contribution in [-0.4, -0.2) is 11.0 Å². The number of hydrogen-bond acceptors (Lipinski definition) is 3. The van der Waals surface area contributed by atoms with E-state index in [0.29, 0.717) is 11.9 Å². The molecule has 0 spiro atoms. The Hall–Kier alpha value is -1.25. The number of fused-ring (bicyclic) bond motifs is 2. The summed E-state index contributed by atoms with van der Waals surface area (Å²) < 4.78 is 0. The molecule has 1 aromatic heterocycles. The van der Waals surface area contributed by atoms with E-state index in [-0.39, 0.29) is 0 Å². The molecule has 3 rings (SSSR count). The van der Waals surface area contributed by atoms with Crippen molar-refractivity contribution in [2.24, 2.45) is 17.8 Å². The standard InChI is InChI=1S/C14H21N3/c1-9(12-8-10-5-6-11(12)7-10)16-14-4-2-3-13(15)17-14/h2-4,9-12H,5-8H2,1H3,(H3,15,16,17). The van der Waals surface area contributed by atoms with E-state index in [2.05, 4.69) is 17.2 Å². The highest BCUT2D eigenvalue weighted by Crippen LogP contribution is 2.49. The van der Waals surface area contributed by atoms with Crippen LogP contribution < -0.4 is 11.1 Å². The Kier molecular flexibility index (Phi) is 2.69. The maximum absolute atomic E-state index is 5.70. The van der Waals surface area contributed by atoms with Gasteiger partial charge in [-0.2, -0.15) is 0 Å². The second-order valence-electron chi connectivity index (χ2n) is 5.72. The lowest BCUT2D eigenvalue weighted by molar-refractivity contribution is 0.304. The van der Waals surface area contributed by atoms with Gasteiger partial charge < -0.3 is 11.1 Å². The van der Waals surface area contributed by atoms with E-state index in [1.54, 1.807) is 0 Å². The lowest BCUT2D eigenvalue weighted by Gasteiger charge is -2.28. The lowest BCUT2D eigenvalue weighted by atomic mass is 9.84. The average Bonchev–Trinajstić information content (AvgIpc) is 2.90.